The number of ether oxygens (including phenoxy) is 1. The van der Waals surface area contributed by atoms with Crippen LogP contribution in [0.4, 0.5) is 0 Å². The molecule has 0 aliphatic heterocycles. The molecular formula is C5H15NO. The maximum absolute atomic E-state index is 4.94. The van der Waals surface area contributed by atoms with Gasteiger partial charge in [-0.15, -0.1) is 0 Å². The van der Waals surface area contributed by atoms with E-state index in [4.69, 9.17) is 4.74 Å². The summed E-state index contributed by atoms with van der Waals surface area (Å²) in [4.78, 5) is 0. The van der Waals surface area contributed by atoms with E-state index < -0.39 is 0 Å². The summed E-state index contributed by atoms with van der Waals surface area (Å²) in [6, 6.07) is 0. The quantitative estimate of drug-likeness (QED) is 0.508. The normalized spacial score (nSPS) is 10.3. The van der Waals surface area contributed by atoms with Crippen molar-refractivity contribution in [2.75, 3.05) is 7.11 Å². The van der Waals surface area contributed by atoms with E-state index in [1.54, 1.807) is 7.11 Å². The van der Waals surface area contributed by atoms with Gasteiger partial charge < -0.3 is 10.9 Å². The van der Waals surface area contributed by atoms with Gasteiger partial charge in [0.2, 0.25) is 0 Å². The van der Waals surface area contributed by atoms with Crippen LogP contribution in [0.5, 0.6) is 0 Å². The average molecular weight is 105 g/mol. The Bertz CT molecular complexity index is 37.8. The predicted octanol–water partition coefficient (Wildman–Crippen LogP) is 1.59. The third-order valence-electron chi connectivity index (χ3n) is 0.612. The van der Waals surface area contributed by atoms with Crippen LogP contribution in [0, 0.1) is 0 Å². The van der Waals surface area contributed by atoms with Gasteiger partial charge in [-0.25, -0.2) is 0 Å². The molecule has 0 saturated carbocycles. The fourth-order valence-electron chi connectivity index (χ4n) is 0. The Labute approximate surface area is 45.4 Å². The van der Waals surface area contributed by atoms with Crippen molar-refractivity contribution >= 4 is 0 Å². The molecule has 46 valence electrons. The second kappa shape index (κ2) is 2.99. The zero-order valence-electron chi connectivity index (χ0n) is 5.62. The van der Waals surface area contributed by atoms with Gasteiger partial charge in [-0.05, 0) is 20.8 Å². The monoisotopic (exact) mass is 105 g/mol. The minimum atomic E-state index is 0. The highest BCUT2D eigenvalue weighted by Crippen LogP contribution is 2.02. The molecule has 0 amide bonds. The van der Waals surface area contributed by atoms with Crippen molar-refractivity contribution in [3.8, 4) is 0 Å². The molecule has 0 heterocycles. The molecule has 0 radical (unpaired) electrons. The van der Waals surface area contributed by atoms with Crippen LogP contribution >= 0.6 is 0 Å². The third-order valence-corrected chi connectivity index (χ3v) is 0.612. The molecule has 3 N–H and O–H groups in total. The van der Waals surface area contributed by atoms with E-state index in [-0.39, 0.29) is 11.8 Å². The van der Waals surface area contributed by atoms with E-state index in [1.807, 2.05) is 20.8 Å². The summed E-state index contributed by atoms with van der Waals surface area (Å²) >= 11 is 0. The molecule has 0 bridgehead atoms. The van der Waals surface area contributed by atoms with Gasteiger partial charge in [-0.2, -0.15) is 0 Å². The molecule has 0 saturated heterocycles. The van der Waals surface area contributed by atoms with E-state index in [1.165, 1.54) is 0 Å². The SMILES string of the molecule is COC(C)(C)C.N. The fraction of sp³-hybridized carbons (Fsp3) is 1.00. The van der Waals surface area contributed by atoms with Gasteiger partial charge in [0.15, 0.2) is 0 Å². The van der Waals surface area contributed by atoms with Crippen molar-refractivity contribution in [1.29, 1.82) is 0 Å². The molecule has 0 fully saturated rings. The Morgan fingerprint density at radius 2 is 1.29 bits per heavy atom. The first-order valence-corrected chi connectivity index (χ1v) is 2.11. The summed E-state index contributed by atoms with van der Waals surface area (Å²) in [5.74, 6) is 0. The van der Waals surface area contributed by atoms with E-state index in [0.29, 0.717) is 0 Å². The number of rotatable bonds is 0. The van der Waals surface area contributed by atoms with Crippen LogP contribution < -0.4 is 6.15 Å². The summed E-state index contributed by atoms with van der Waals surface area (Å²) in [5.41, 5.74) is 0.0417. The largest absolute Gasteiger partial charge is 0.379 e. The minimum absolute atomic E-state index is 0. The van der Waals surface area contributed by atoms with E-state index in [0.717, 1.165) is 0 Å². The van der Waals surface area contributed by atoms with Crippen LogP contribution in [0.1, 0.15) is 20.8 Å². The van der Waals surface area contributed by atoms with Crippen LogP contribution in [0.2, 0.25) is 0 Å². The molecule has 0 spiro atoms. The maximum Gasteiger partial charge on any atom is 0.0594 e. The van der Waals surface area contributed by atoms with Crippen molar-refractivity contribution in [2.24, 2.45) is 0 Å². The molecule has 0 rings (SSSR count). The Morgan fingerprint density at radius 1 is 1.14 bits per heavy atom. The molecule has 0 aromatic heterocycles. The molecule has 2 nitrogen and oxygen atoms in total. The van der Waals surface area contributed by atoms with Crippen molar-refractivity contribution in [1.82, 2.24) is 6.15 Å². The molecule has 0 atom stereocenters. The summed E-state index contributed by atoms with van der Waals surface area (Å²) in [6.45, 7) is 6.06. The molecule has 0 unspecified atom stereocenters. The lowest BCUT2D eigenvalue weighted by Gasteiger charge is -2.14. The van der Waals surface area contributed by atoms with E-state index in [9.17, 15) is 0 Å². The molecule has 0 aromatic rings. The van der Waals surface area contributed by atoms with E-state index >= 15 is 0 Å². The first kappa shape index (κ1) is 10.0. The molecular weight excluding hydrogens is 90.1 g/mol. The summed E-state index contributed by atoms with van der Waals surface area (Å²) in [7, 11) is 1.71. The number of methoxy groups -OCH3 is 1. The third kappa shape index (κ3) is 10.7. The van der Waals surface area contributed by atoms with Crippen LogP contribution in [0.25, 0.3) is 0 Å². The van der Waals surface area contributed by atoms with Crippen molar-refractivity contribution in [3.63, 3.8) is 0 Å². The highest BCUT2D eigenvalue weighted by Gasteiger charge is 2.03. The zero-order valence-corrected chi connectivity index (χ0v) is 5.62. The minimum Gasteiger partial charge on any atom is -0.379 e. The Kier molecular flexibility index (Phi) is 4.28. The lowest BCUT2D eigenvalue weighted by Crippen LogP contribution is -2.15. The van der Waals surface area contributed by atoms with Gasteiger partial charge in [-0.1, -0.05) is 0 Å². The highest BCUT2D eigenvalue weighted by atomic mass is 16.5. The zero-order chi connectivity index (χ0) is 5.21. The van der Waals surface area contributed by atoms with E-state index in [2.05, 4.69) is 0 Å². The smallest absolute Gasteiger partial charge is 0.0594 e. The van der Waals surface area contributed by atoms with Gasteiger partial charge >= 0.3 is 0 Å². The maximum atomic E-state index is 4.94. The second-order valence-electron chi connectivity index (χ2n) is 2.32. The molecule has 0 aliphatic rings. The molecule has 0 aromatic carbocycles. The van der Waals surface area contributed by atoms with Gasteiger partial charge in [0.1, 0.15) is 0 Å². The first-order chi connectivity index (χ1) is 2.56. The number of hydrogen-bond acceptors (Lipinski definition) is 2. The van der Waals surface area contributed by atoms with Crippen molar-refractivity contribution in [3.05, 3.63) is 0 Å². The second-order valence-corrected chi connectivity index (χ2v) is 2.32. The number of hydrogen-bond donors (Lipinski definition) is 1. The molecule has 7 heavy (non-hydrogen) atoms. The topological polar surface area (TPSA) is 44.2 Å². The predicted molar refractivity (Wildman–Crippen MR) is 31.8 cm³/mol. The van der Waals surface area contributed by atoms with Gasteiger partial charge in [0.05, 0.1) is 5.60 Å². The van der Waals surface area contributed by atoms with Crippen molar-refractivity contribution in [2.45, 2.75) is 26.4 Å². The van der Waals surface area contributed by atoms with Crippen LogP contribution in [-0.2, 0) is 4.74 Å². The summed E-state index contributed by atoms with van der Waals surface area (Å²) < 4.78 is 4.94. The standard InChI is InChI=1S/C5H12O.H3N/c1-5(2,3)6-4;/h1-4H3;1H3. The van der Waals surface area contributed by atoms with Gasteiger partial charge in [0, 0.05) is 7.11 Å². The van der Waals surface area contributed by atoms with Crippen molar-refractivity contribution < 1.29 is 4.74 Å². The molecule has 2 heteroatoms. The Balaban J connectivity index is 0. The van der Waals surface area contributed by atoms with Crippen LogP contribution in [0.15, 0.2) is 0 Å². The Morgan fingerprint density at radius 3 is 1.29 bits per heavy atom. The lowest BCUT2D eigenvalue weighted by atomic mass is 10.2. The van der Waals surface area contributed by atoms with Gasteiger partial charge in [-0.3, -0.25) is 0 Å². The first-order valence-electron chi connectivity index (χ1n) is 2.11. The van der Waals surface area contributed by atoms with Crippen LogP contribution in [0.3, 0.4) is 0 Å². The average Bonchev–Trinajstić information content (AvgIpc) is 1.35. The highest BCUT2D eigenvalue weighted by molar-refractivity contribution is 4.55. The fourth-order valence-corrected chi connectivity index (χ4v) is 0. The molecule has 0 aliphatic carbocycles. The summed E-state index contributed by atoms with van der Waals surface area (Å²) in [6.07, 6.45) is 0. The Hall–Kier alpha value is -0.0800. The summed E-state index contributed by atoms with van der Waals surface area (Å²) in [5, 5.41) is 0. The lowest BCUT2D eigenvalue weighted by molar-refractivity contribution is 0.0397. The van der Waals surface area contributed by atoms with Gasteiger partial charge in [0.25, 0.3) is 0 Å². The van der Waals surface area contributed by atoms with Crippen LogP contribution in [-0.4, -0.2) is 12.7 Å².